The van der Waals surface area contributed by atoms with Crippen molar-refractivity contribution in [2.75, 3.05) is 4.90 Å². The van der Waals surface area contributed by atoms with Gasteiger partial charge in [-0.1, -0.05) is 200 Å². The molecular formula is C68H43NO2. The first-order valence-corrected chi connectivity index (χ1v) is 24.5. The van der Waals surface area contributed by atoms with E-state index in [2.05, 4.69) is 266 Å². The number of para-hydroxylation sites is 1. The third-order valence-electron chi connectivity index (χ3n) is 15.6. The van der Waals surface area contributed by atoms with Gasteiger partial charge in [0, 0.05) is 39.0 Å². The van der Waals surface area contributed by atoms with Crippen LogP contribution in [0.25, 0.3) is 55.3 Å². The maximum atomic E-state index is 6.98. The van der Waals surface area contributed by atoms with Crippen LogP contribution in [0, 0.1) is 0 Å². The normalized spacial score (nSPS) is 14.0. The fourth-order valence-electron chi connectivity index (χ4n) is 12.8. The summed E-state index contributed by atoms with van der Waals surface area (Å²) in [5.41, 5.74) is 20.6. The Labute approximate surface area is 412 Å². The molecule has 15 rings (SSSR count). The van der Waals surface area contributed by atoms with Crippen molar-refractivity contribution in [3.8, 4) is 44.9 Å². The number of rotatable bonds is 6. The van der Waals surface area contributed by atoms with Crippen LogP contribution in [0.3, 0.4) is 0 Å². The maximum Gasteiger partial charge on any atom is 0.136 e. The maximum absolute atomic E-state index is 6.98. The molecule has 0 radical (unpaired) electrons. The van der Waals surface area contributed by atoms with Gasteiger partial charge in [0.25, 0.3) is 0 Å². The number of hydrogen-bond acceptors (Lipinski definition) is 3. The average molecular weight is 906 g/mol. The Morgan fingerprint density at radius 3 is 1.46 bits per heavy atom. The predicted octanol–water partition coefficient (Wildman–Crippen LogP) is 17.6. The highest BCUT2D eigenvalue weighted by atomic mass is 16.5. The lowest BCUT2D eigenvalue weighted by atomic mass is 9.66. The molecule has 0 bridgehead atoms. The van der Waals surface area contributed by atoms with Crippen molar-refractivity contribution in [2.24, 2.45) is 0 Å². The quantitative estimate of drug-likeness (QED) is 0.166. The Morgan fingerprint density at radius 1 is 0.296 bits per heavy atom. The highest BCUT2D eigenvalue weighted by Crippen LogP contribution is 2.63. The van der Waals surface area contributed by atoms with Gasteiger partial charge >= 0.3 is 0 Å². The molecule has 0 amide bonds. The van der Waals surface area contributed by atoms with Crippen LogP contribution in [0.15, 0.2) is 265 Å². The van der Waals surface area contributed by atoms with E-state index >= 15 is 0 Å². The summed E-state index contributed by atoms with van der Waals surface area (Å²) in [4.78, 5) is 2.44. The molecule has 3 nitrogen and oxygen atoms in total. The zero-order valence-corrected chi connectivity index (χ0v) is 38.6. The van der Waals surface area contributed by atoms with Crippen LogP contribution < -0.4 is 9.64 Å². The minimum Gasteiger partial charge on any atom is -0.457 e. The van der Waals surface area contributed by atoms with E-state index in [1.165, 1.54) is 55.6 Å². The number of ether oxygens (including phenoxy) is 1. The summed E-state index contributed by atoms with van der Waals surface area (Å²) in [7, 11) is 0. The van der Waals surface area contributed by atoms with E-state index in [1.54, 1.807) is 0 Å². The van der Waals surface area contributed by atoms with Crippen molar-refractivity contribution in [2.45, 2.75) is 10.8 Å². The Bertz CT molecular complexity index is 4020. The number of benzene rings is 11. The lowest BCUT2D eigenvalue weighted by molar-refractivity contribution is 0.436. The van der Waals surface area contributed by atoms with Crippen molar-refractivity contribution in [1.82, 2.24) is 0 Å². The molecule has 1 aromatic heterocycles. The average Bonchev–Trinajstić information content (AvgIpc) is 4.08. The van der Waals surface area contributed by atoms with Crippen molar-refractivity contribution >= 4 is 39.0 Å². The summed E-state index contributed by atoms with van der Waals surface area (Å²) >= 11 is 0. The van der Waals surface area contributed by atoms with Crippen LogP contribution in [0.4, 0.5) is 17.1 Å². The fraction of sp³-hybridized carbons (Fsp3) is 0.0294. The van der Waals surface area contributed by atoms with Crippen molar-refractivity contribution < 1.29 is 9.15 Å². The van der Waals surface area contributed by atoms with E-state index in [0.29, 0.717) is 0 Å². The predicted molar refractivity (Wildman–Crippen MR) is 289 cm³/mol. The fourth-order valence-corrected chi connectivity index (χ4v) is 12.8. The molecule has 3 heteroatoms. The second-order valence-corrected chi connectivity index (χ2v) is 19.0. The van der Waals surface area contributed by atoms with E-state index in [-0.39, 0.29) is 0 Å². The second-order valence-electron chi connectivity index (χ2n) is 19.0. The molecule has 2 heterocycles. The van der Waals surface area contributed by atoms with Crippen molar-refractivity contribution in [3.63, 3.8) is 0 Å². The van der Waals surface area contributed by atoms with Crippen LogP contribution in [0.5, 0.6) is 11.5 Å². The van der Waals surface area contributed by atoms with Gasteiger partial charge in [-0.2, -0.15) is 0 Å². The lowest BCUT2D eigenvalue weighted by Crippen LogP contribution is -2.32. The van der Waals surface area contributed by atoms with Gasteiger partial charge in [0.05, 0.1) is 10.8 Å². The van der Waals surface area contributed by atoms with E-state index in [9.17, 15) is 0 Å². The number of fused-ring (bicyclic) bond motifs is 15. The van der Waals surface area contributed by atoms with Gasteiger partial charge in [0.1, 0.15) is 22.7 Å². The molecule has 2 aliphatic carbocycles. The highest BCUT2D eigenvalue weighted by Gasteiger charge is 2.51. The Hall–Kier alpha value is -9.18. The van der Waals surface area contributed by atoms with E-state index in [0.717, 1.165) is 72.8 Å². The zero-order chi connectivity index (χ0) is 46.7. The number of hydrogen-bond donors (Lipinski definition) is 0. The molecule has 0 saturated heterocycles. The van der Waals surface area contributed by atoms with Gasteiger partial charge < -0.3 is 14.1 Å². The van der Waals surface area contributed by atoms with Gasteiger partial charge in [-0.3, -0.25) is 0 Å². The molecule has 0 saturated carbocycles. The molecule has 0 unspecified atom stereocenters. The van der Waals surface area contributed by atoms with Crippen molar-refractivity contribution in [1.29, 1.82) is 0 Å². The molecule has 12 aromatic rings. The molecular weight excluding hydrogens is 863 g/mol. The van der Waals surface area contributed by atoms with Crippen LogP contribution in [-0.4, -0.2) is 0 Å². The summed E-state index contributed by atoms with van der Waals surface area (Å²) in [6, 6.07) is 95.3. The third-order valence-corrected chi connectivity index (χ3v) is 15.6. The Balaban J connectivity index is 1.02. The standard InChI is InChI=1S/C68H43NO2/c1-3-19-44(20-4-1)50-29-18-36-65-66(50)55-42-48(37-39-62(55)70-65)69(47-24-17-23-46(41-47)67(45-21-5-2-6-22-45)56-30-11-7-25-51(56)52-26-8-12-31-57(52)67)49-38-40-64-61(43-49)68(60-34-15-16-35-63(60)71-64)58-32-13-9-27-53(58)54-28-10-14-33-59(54)68/h1-43H. The molecule has 3 aliphatic rings. The first-order valence-electron chi connectivity index (χ1n) is 24.5. The SMILES string of the molecule is c1ccc(-c2cccc3oc4ccc(N(c5cccc(C6(c7ccccc7)c7ccccc7-c7ccccc76)c5)c5ccc6c(c5)C5(c7ccccc7O6)c6ccccc6-c6ccccc65)cc4c23)cc1. The first-order chi connectivity index (χ1) is 35.2. The van der Waals surface area contributed by atoms with Gasteiger partial charge in [-0.25, -0.2) is 0 Å². The van der Waals surface area contributed by atoms with Crippen molar-refractivity contribution in [3.05, 3.63) is 305 Å². The highest BCUT2D eigenvalue weighted by molar-refractivity contribution is 6.13. The smallest absolute Gasteiger partial charge is 0.136 e. The molecule has 0 N–H and O–H groups in total. The minimum absolute atomic E-state index is 0.583. The van der Waals surface area contributed by atoms with E-state index < -0.39 is 10.8 Å². The molecule has 1 spiro atoms. The lowest BCUT2D eigenvalue weighted by Gasteiger charge is -2.40. The van der Waals surface area contributed by atoms with E-state index in [1.807, 2.05) is 0 Å². The third kappa shape index (κ3) is 5.49. The molecule has 71 heavy (non-hydrogen) atoms. The summed E-state index contributed by atoms with van der Waals surface area (Å²) in [6.45, 7) is 0. The molecule has 0 fully saturated rings. The van der Waals surface area contributed by atoms with Crippen LogP contribution >= 0.6 is 0 Å². The molecule has 11 aromatic carbocycles. The summed E-state index contributed by atoms with van der Waals surface area (Å²) in [5.74, 6) is 1.72. The van der Waals surface area contributed by atoms with Crippen LogP contribution in [-0.2, 0) is 10.8 Å². The summed E-state index contributed by atoms with van der Waals surface area (Å²) in [5, 5.41) is 2.16. The molecule has 332 valence electrons. The van der Waals surface area contributed by atoms with Gasteiger partial charge in [-0.05, 0) is 127 Å². The summed E-state index contributed by atoms with van der Waals surface area (Å²) < 4.78 is 13.7. The monoisotopic (exact) mass is 905 g/mol. The zero-order valence-electron chi connectivity index (χ0n) is 38.6. The Morgan fingerprint density at radius 2 is 0.789 bits per heavy atom. The van der Waals surface area contributed by atoms with Gasteiger partial charge in [0.2, 0.25) is 0 Å². The minimum atomic E-state index is -0.634. The largest absolute Gasteiger partial charge is 0.457 e. The van der Waals surface area contributed by atoms with Gasteiger partial charge in [0.15, 0.2) is 0 Å². The Kier molecular flexibility index (Phi) is 8.49. The topological polar surface area (TPSA) is 25.6 Å². The second kappa shape index (κ2) is 15.2. The molecule has 1 aliphatic heterocycles. The van der Waals surface area contributed by atoms with E-state index in [4.69, 9.17) is 9.15 Å². The van der Waals surface area contributed by atoms with Gasteiger partial charge in [-0.15, -0.1) is 0 Å². The number of anilines is 3. The molecule has 0 atom stereocenters. The van der Waals surface area contributed by atoms with Crippen LogP contribution in [0.1, 0.15) is 44.5 Å². The number of furan rings is 1. The van der Waals surface area contributed by atoms with Crippen LogP contribution in [0.2, 0.25) is 0 Å². The first kappa shape index (κ1) is 39.8. The number of nitrogens with zero attached hydrogens (tertiary/aromatic N) is 1. The summed E-state index contributed by atoms with van der Waals surface area (Å²) in [6.07, 6.45) is 0.